The van der Waals surface area contributed by atoms with Crippen LogP contribution in [0.5, 0.6) is 0 Å². The first-order chi connectivity index (χ1) is 7.94. The molecular weight excluding hydrogens is 241 g/mol. The lowest BCUT2D eigenvalue weighted by Crippen LogP contribution is -2.41. The van der Waals surface area contributed by atoms with Crippen molar-refractivity contribution in [3.63, 3.8) is 0 Å². The van der Waals surface area contributed by atoms with E-state index >= 15 is 0 Å². The van der Waals surface area contributed by atoms with Gasteiger partial charge in [0, 0.05) is 17.2 Å². The Hall–Kier alpha value is -0.640. The predicted molar refractivity (Wildman–Crippen MR) is 68.9 cm³/mol. The van der Waals surface area contributed by atoms with Crippen LogP contribution in [-0.4, -0.2) is 23.8 Å². The lowest BCUT2D eigenvalue weighted by atomic mass is 10.0. The van der Waals surface area contributed by atoms with Crippen molar-refractivity contribution in [1.82, 2.24) is 5.32 Å². The topological polar surface area (TPSA) is 32.3 Å². The van der Waals surface area contributed by atoms with E-state index < -0.39 is 0 Å². The highest BCUT2D eigenvalue weighted by Crippen LogP contribution is 2.15. The molecule has 1 rings (SSSR count). The maximum atomic E-state index is 13.4. The van der Waals surface area contributed by atoms with Gasteiger partial charge in [-0.3, -0.25) is 0 Å². The van der Waals surface area contributed by atoms with Gasteiger partial charge in [-0.1, -0.05) is 11.6 Å². The minimum atomic E-state index is -0.226. The monoisotopic (exact) mass is 259 g/mol. The number of halogens is 2. The van der Waals surface area contributed by atoms with Gasteiger partial charge in [0.25, 0.3) is 0 Å². The highest BCUT2D eigenvalue weighted by atomic mass is 35.5. The van der Waals surface area contributed by atoms with Crippen molar-refractivity contribution < 1.29 is 9.50 Å². The first kappa shape index (κ1) is 14.4. The van der Waals surface area contributed by atoms with Crippen molar-refractivity contribution in [2.45, 2.75) is 32.2 Å². The average Bonchev–Trinajstić information content (AvgIpc) is 2.23. The van der Waals surface area contributed by atoms with E-state index in [9.17, 15) is 4.39 Å². The molecule has 2 N–H and O–H groups in total. The van der Waals surface area contributed by atoms with Crippen LogP contribution < -0.4 is 5.32 Å². The summed E-state index contributed by atoms with van der Waals surface area (Å²) in [6, 6.07) is 4.58. The number of nitrogens with one attached hydrogen (secondary N) is 1. The van der Waals surface area contributed by atoms with Gasteiger partial charge >= 0.3 is 0 Å². The van der Waals surface area contributed by atoms with Crippen molar-refractivity contribution in [3.05, 3.63) is 34.6 Å². The molecule has 0 fully saturated rings. The van der Waals surface area contributed by atoms with E-state index in [1.54, 1.807) is 12.1 Å². The Morgan fingerprint density at radius 3 is 2.76 bits per heavy atom. The summed E-state index contributed by atoms with van der Waals surface area (Å²) >= 11 is 5.82. The molecule has 0 bridgehead atoms. The molecule has 0 heterocycles. The summed E-state index contributed by atoms with van der Waals surface area (Å²) in [6.07, 6.45) is 1.26. The first-order valence-corrected chi connectivity index (χ1v) is 6.12. The third-order valence-corrected chi connectivity index (χ3v) is 2.98. The third kappa shape index (κ3) is 5.02. The summed E-state index contributed by atoms with van der Waals surface area (Å²) in [6.45, 7) is 4.82. The van der Waals surface area contributed by atoms with Crippen LogP contribution in [0.2, 0.25) is 5.02 Å². The molecule has 1 aromatic rings. The van der Waals surface area contributed by atoms with Crippen LogP contribution in [0.25, 0.3) is 0 Å². The molecule has 0 spiro atoms. The van der Waals surface area contributed by atoms with Gasteiger partial charge in [0.05, 0.1) is 0 Å². The second-order valence-electron chi connectivity index (χ2n) is 4.77. The van der Waals surface area contributed by atoms with Crippen molar-refractivity contribution >= 4 is 11.6 Å². The summed E-state index contributed by atoms with van der Waals surface area (Å²) in [5, 5.41) is 12.7. The molecule has 1 aromatic carbocycles. The minimum Gasteiger partial charge on any atom is -0.396 e. The van der Waals surface area contributed by atoms with Gasteiger partial charge in [-0.15, -0.1) is 0 Å². The quantitative estimate of drug-likeness (QED) is 0.823. The molecule has 0 aromatic heterocycles. The molecule has 0 aliphatic rings. The largest absolute Gasteiger partial charge is 0.396 e. The zero-order valence-corrected chi connectivity index (χ0v) is 11.0. The molecule has 0 saturated carbocycles. The SMILES string of the molecule is CC(C)(CCO)NCCc1cc(Cl)ccc1F. The Morgan fingerprint density at radius 2 is 2.12 bits per heavy atom. The second kappa shape index (κ2) is 6.34. The summed E-state index contributed by atoms with van der Waals surface area (Å²) < 4.78 is 13.4. The van der Waals surface area contributed by atoms with Gasteiger partial charge < -0.3 is 10.4 Å². The number of hydrogen-bond acceptors (Lipinski definition) is 2. The van der Waals surface area contributed by atoms with Crippen LogP contribution in [0, 0.1) is 5.82 Å². The van der Waals surface area contributed by atoms with Crippen molar-refractivity contribution in [1.29, 1.82) is 0 Å². The lowest BCUT2D eigenvalue weighted by Gasteiger charge is -2.25. The molecule has 0 radical (unpaired) electrons. The van der Waals surface area contributed by atoms with Crippen LogP contribution in [0.3, 0.4) is 0 Å². The highest BCUT2D eigenvalue weighted by molar-refractivity contribution is 6.30. The van der Waals surface area contributed by atoms with Gasteiger partial charge in [0.15, 0.2) is 0 Å². The van der Waals surface area contributed by atoms with Crippen molar-refractivity contribution in [3.8, 4) is 0 Å². The van der Waals surface area contributed by atoms with Gasteiger partial charge in [0.1, 0.15) is 5.82 Å². The zero-order valence-electron chi connectivity index (χ0n) is 10.3. The molecule has 2 nitrogen and oxygen atoms in total. The number of rotatable bonds is 6. The number of aliphatic hydroxyl groups is 1. The van der Waals surface area contributed by atoms with Crippen LogP contribution in [-0.2, 0) is 6.42 Å². The van der Waals surface area contributed by atoms with Crippen molar-refractivity contribution in [2.24, 2.45) is 0 Å². The maximum absolute atomic E-state index is 13.4. The molecule has 0 aliphatic carbocycles. The van der Waals surface area contributed by atoms with Gasteiger partial charge in [0.2, 0.25) is 0 Å². The molecule has 0 atom stereocenters. The number of aliphatic hydroxyl groups excluding tert-OH is 1. The van der Waals surface area contributed by atoms with E-state index in [4.69, 9.17) is 16.7 Å². The van der Waals surface area contributed by atoms with Gasteiger partial charge in [-0.2, -0.15) is 0 Å². The Balaban J connectivity index is 2.48. The Kier molecular flexibility index (Phi) is 5.37. The standard InChI is InChI=1S/C13H19ClFNO/c1-13(2,6-8-17)16-7-5-10-9-11(14)3-4-12(10)15/h3-4,9,16-17H,5-8H2,1-2H3. The molecule has 0 aliphatic heterocycles. The summed E-state index contributed by atoms with van der Waals surface area (Å²) in [5.74, 6) is -0.226. The highest BCUT2D eigenvalue weighted by Gasteiger charge is 2.15. The maximum Gasteiger partial charge on any atom is 0.126 e. The summed E-state index contributed by atoms with van der Waals surface area (Å²) in [5.41, 5.74) is 0.480. The van der Waals surface area contributed by atoms with Crippen LogP contribution in [0.1, 0.15) is 25.8 Å². The second-order valence-corrected chi connectivity index (χ2v) is 5.21. The van der Waals surface area contributed by atoms with E-state index in [0.717, 1.165) is 0 Å². The molecule has 4 heteroatoms. The third-order valence-electron chi connectivity index (χ3n) is 2.74. The van der Waals surface area contributed by atoms with E-state index in [-0.39, 0.29) is 18.0 Å². The fraction of sp³-hybridized carbons (Fsp3) is 0.538. The summed E-state index contributed by atoms with van der Waals surface area (Å²) in [7, 11) is 0. The van der Waals surface area contributed by atoms with Gasteiger partial charge in [-0.25, -0.2) is 4.39 Å². The molecular formula is C13H19ClFNO. The number of benzene rings is 1. The normalized spacial score (nSPS) is 11.8. The molecule has 0 amide bonds. The van der Waals surface area contributed by atoms with Crippen LogP contribution >= 0.6 is 11.6 Å². The smallest absolute Gasteiger partial charge is 0.126 e. The summed E-state index contributed by atoms with van der Waals surface area (Å²) in [4.78, 5) is 0. The number of hydrogen-bond donors (Lipinski definition) is 2. The van der Waals surface area contributed by atoms with Crippen LogP contribution in [0.4, 0.5) is 4.39 Å². The Labute approximate surface area is 107 Å². The van der Waals surface area contributed by atoms with E-state index in [1.165, 1.54) is 6.07 Å². The van der Waals surface area contributed by atoms with E-state index in [2.05, 4.69) is 5.32 Å². The Bertz CT molecular complexity index is 368. The van der Waals surface area contributed by atoms with Gasteiger partial charge in [-0.05, 0) is 57.0 Å². The first-order valence-electron chi connectivity index (χ1n) is 5.74. The van der Waals surface area contributed by atoms with Crippen molar-refractivity contribution in [2.75, 3.05) is 13.2 Å². The lowest BCUT2D eigenvalue weighted by molar-refractivity contribution is 0.231. The molecule has 0 saturated heterocycles. The fourth-order valence-corrected chi connectivity index (χ4v) is 1.83. The predicted octanol–water partition coefficient (Wildman–Crippen LogP) is 2.77. The molecule has 96 valence electrons. The molecule has 0 unspecified atom stereocenters. The average molecular weight is 260 g/mol. The van der Waals surface area contributed by atoms with E-state index in [0.29, 0.717) is 30.0 Å². The fourth-order valence-electron chi connectivity index (χ4n) is 1.64. The van der Waals surface area contributed by atoms with E-state index in [1.807, 2.05) is 13.8 Å². The molecule has 17 heavy (non-hydrogen) atoms. The zero-order chi connectivity index (χ0) is 12.9. The van der Waals surface area contributed by atoms with Crippen LogP contribution in [0.15, 0.2) is 18.2 Å². The minimum absolute atomic E-state index is 0.135. The Morgan fingerprint density at radius 1 is 1.41 bits per heavy atom.